The molecule has 0 aliphatic heterocycles. The number of hydrogen-bond donors (Lipinski definition) is 2. The standard InChI is InChI=1S/C24H27NO4/c1-23(2)12-7-13-24(15-23,21(26)27)25-22(28)29-14-20-18-10-5-3-8-16(18)17-9-4-6-11-19(17)20/h3-6,8-11,20H,7,12-15H2,1-2H3,(H,25,28)(H,26,27)/t24-/m1/s1. The summed E-state index contributed by atoms with van der Waals surface area (Å²) in [5.74, 6) is -1.03. The normalized spacial score (nSPS) is 22.4. The van der Waals surface area contributed by atoms with E-state index in [4.69, 9.17) is 4.74 Å². The maximum atomic E-state index is 12.6. The number of nitrogens with one attached hydrogen (secondary N) is 1. The van der Waals surface area contributed by atoms with E-state index in [1.165, 1.54) is 0 Å². The Kier molecular flexibility index (Phi) is 4.85. The number of carboxylic acids is 1. The van der Waals surface area contributed by atoms with Crippen molar-refractivity contribution in [3.8, 4) is 11.1 Å². The Morgan fingerprint density at radius 2 is 1.62 bits per heavy atom. The number of hydrogen-bond acceptors (Lipinski definition) is 3. The van der Waals surface area contributed by atoms with Crippen LogP contribution in [0.15, 0.2) is 48.5 Å². The van der Waals surface area contributed by atoms with Gasteiger partial charge in [-0.05, 0) is 53.4 Å². The number of ether oxygens (including phenoxy) is 1. The molecule has 152 valence electrons. The second kappa shape index (κ2) is 7.21. The number of carboxylic acid groups (broad SMARTS) is 1. The molecule has 2 aliphatic carbocycles. The summed E-state index contributed by atoms with van der Waals surface area (Å²) in [6.45, 7) is 4.27. The maximum absolute atomic E-state index is 12.6. The van der Waals surface area contributed by atoms with Crippen LogP contribution in [0.5, 0.6) is 0 Å². The summed E-state index contributed by atoms with van der Waals surface area (Å²) < 4.78 is 5.57. The molecule has 2 aromatic rings. The minimum absolute atomic E-state index is 0.0447. The largest absolute Gasteiger partial charge is 0.480 e. The van der Waals surface area contributed by atoms with Crippen molar-refractivity contribution >= 4 is 12.1 Å². The van der Waals surface area contributed by atoms with Crippen LogP contribution in [0.4, 0.5) is 4.79 Å². The number of carbonyl (C=O) groups is 2. The van der Waals surface area contributed by atoms with E-state index < -0.39 is 17.6 Å². The van der Waals surface area contributed by atoms with Crippen molar-refractivity contribution in [3.05, 3.63) is 59.7 Å². The van der Waals surface area contributed by atoms with Crippen LogP contribution in [0.25, 0.3) is 11.1 Å². The van der Waals surface area contributed by atoms with Gasteiger partial charge in [0.05, 0.1) is 0 Å². The molecule has 29 heavy (non-hydrogen) atoms. The van der Waals surface area contributed by atoms with Gasteiger partial charge in [0, 0.05) is 5.92 Å². The van der Waals surface area contributed by atoms with E-state index in [1.807, 2.05) is 38.1 Å². The first-order valence-electron chi connectivity index (χ1n) is 10.2. The van der Waals surface area contributed by atoms with Crippen molar-refractivity contribution in [2.75, 3.05) is 6.61 Å². The zero-order valence-electron chi connectivity index (χ0n) is 16.9. The molecule has 1 amide bonds. The number of benzene rings is 2. The molecular formula is C24H27NO4. The average Bonchev–Trinajstić information content (AvgIpc) is 2.99. The first kappa shape index (κ1) is 19.5. The smallest absolute Gasteiger partial charge is 0.408 e. The SMILES string of the molecule is CC1(C)CCC[C@](NC(=O)OCC2c3ccccc3-c3ccccc32)(C(=O)O)C1. The molecule has 2 aromatic carbocycles. The third-order valence-electron chi connectivity index (χ3n) is 6.33. The van der Waals surface area contributed by atoms with E-state index in [2.05, 4.69) is 29.6 Å². The zero-order chi connectivity index (χ0) is 20.6. The highest BCUT2D eigenvalue weighted by molar-refractivity contribution is 5.85. The van der Waals surface area contributed by atoms with E-state index in [0.29, 0.717) is 12.8 Å². The van der Waals surface area contributed by atoms with Gasteiger partial charge in [0.15, 0.2) is 0 Å². The predicted molar refractivity (Wildman–Crippen MR) is 111 cm³/mol. The Morgan fingerprint density at radius 1 is 1.03 bits per heavy atom. The summed E-state index contributed by atoms with van der Waals surface area (Å²) >= 11 is 0. The van der Waals surface area contributed by atoms with Gasteiger partial charge >= 0.3 is 12.1 Å². The molecule has 2 aliphatic rings. The monoisotopic (exact) mass is 393 g/mol. The van der Waals surface area contributed by atoms with Crippen LogP contribution in [-0.4, -0.2) is 29.3 Å². The van der Waals surface area contributed by atoms with Crippen LogP contribution in [0.2, 0.25) is 0 Å². The summed E-state index contributed by atoms with van der Waals surface area (Å²) in [6.07, 6.45) is 1.89. The first-order chi connectivity index (χ1) is 13.8. The van der Waals surface area contributed by atoms with Crippen LogP contribution in [0.3, 0.4) is 0 Å². The van der Waals surface area contributed by atoms with E-state index in [1.54, 1.807) is 0 Å². The van der Waals surface area contributed by atoms with Crippen LogP contribution >= 0.6 is 0 Å². The molecule has 0 heterocycles. The van der Waals surface area contributed by atoms with Gasteiger partial charge in [0.1, 0.15) is 12.1 Å². The molecule has 0 radical (unpaired) electrons. The molecule has 0 spiro atoms. The highest BCUT2D eigenvalue weighted by Crippen LogP contribution is 2.45. The summed E-state index contributed by atoms with van der Waals surface area (Å²) in [7, 11) is 0. The number of fused-ring (bicyclic) bond motifs is 3. The molecule has 0 bridgehead atoms. The Balaban J connectivity index is 1.49. The van der Waals surface area contributed by atoms with Gasteiger partial charge in [-0.25, -0.2) is 9.59 Å². The Morgan fingerprint density at radius 3 is 2.17 bits per heavy atom. The van der Waals surface area contributed by atoms with Gasteiger partial charge in [-0.3, -0.25) is 0 Å². The summed E-state index contributed by atoms with van der Waals surface area (Å²) in [5, 5.41) is 12.5. The Labute approximate surface area is 171 Å². The zero-order valence-corrected chi connectivity index (χ0v) is 16.9. The average molecular weight is 393 g/mol. The van der Waals surface area contributed by atoms with Gasteiger partial charge < -0.3 is 15.2 Å². The molecular weight excluding hydrogens is 366 g/mol. The minimum Gasteiger partial charge on any atom is -0.480 e. The van der Waals surface area contributed by atoms with Gasteiger partial charge in [-0.2, -0.15) is 0 Å². The molecule has 2 N–H and O–H groups in total. The molecule has 0 unspecified atom stereocenters. The molecule has 5 nitrogen and oxygen atoms in total. The molecule has 0 saturated heterocycles. The lowest BCUT2D eigenvalue weighted by molar-refractivity contribution is -0.148. The van der Waals surface area contributed by atoms with Gasteiger partial charge in [-0.15, -0.1) is 0 Å². The van der Waals surface area contributed by atoms with Crippen molar-refractivity contribution < 1.29 is 19.4 Å². The fourth-order valence-corrected chi connectivity index (χ4v) is 5.04. The van der Waals surface area contributed by atoms with E-state index >= 15 is 0 Å². The van der Waals surface area contributed by atoms with Gasteiger partial charge in [-0.1, -0.05) is 62.4 Å². The molecule has 5 heteroatoms. The minimum atomic E-state index is -1.26. The van der Waals surface area contributed by atoms with E-state index in [0.717, 1.165) is 35.1 Å². The quantitative estimate of drug-likeness (QED) is 0.771. The predicted octanol–water partition coefficient (Wildman–Crippen LogP) is 4.95. The lowest BCUT2D eigenvalue weighted by Gasteiger charge is -2.42. The van der Waals surface area contributed by atoms with Crippen LogP contribution in [0.1, 0.15) is 56.6 Å². The lowest BCUT2D eigenvalue weighted by atomic mass is 9.68. The molecule has 4 rings (SSSR count). The van der Waals surface area contributed by atoms with Crippen molar-refractivity contribution in [2.24, 2.45) is 5.41 Å². The van der Waals surface area contributed by atoms with E-state index in [9.17, 15) is 14.7 Å². The molecule has 1 fully saturated rings. The fraction of sp³-hybridized carbons (Fsp3) is 0.417. The molecule has 0 aromatic heterocycles. The summed E-state index contributed by atoms with van der Waals surface area (Å²) in [5.41, 5.74) is 3.19. The van der Waals surface area contributed by atoms with Crippen LogP contribution < -0.4 is 5.32 Å². The lowest BCUT2D eigenvalue weighted by Crippen LogP contribution is -2.58. The number of rotatable bonds is 4. The third-order valence-corrected chi connectivity index (χ3v) is 6.33. The van der Waals surface area contributed by atoms with Crippen molar-refractivity contribution in [1.29, 1.82) is 0 Å². The van der Waals surface area contributed by atoms with Gasteiger partial charge in [0.2, 0.25) is 0 Å². The van der Waals surface area contributed by atoms with Crippen molar-refractivity contribution in [3.63, 3.8) is 0 Å². The number of amides is 1. The maximum Gasteiger partial charge on any atom is 0.408 e. The Bertz CT molecular complexity index is 906. The van der Waals surface area contributed by atoms with Crippen LogP contribution in [0, 0.1) is 5.41 Å². The topological polar surface area (TPSA) is 75.6 Å². The summed E-state index contributed by atoms with van der Waals surface area (Å²) in [6, 6.07) is 16.3. The van der Waals surface area contributed by atoms with Crippen molar-refractivity contribution in [1.82, 2.24) is 5.32 Å². The van der Waals surface area contributed by atoms with E-state index in [-0.39, 0.29) is 17.9 Å². The van der Waals surface area contributed by atoms with Crippen LogP contribution in [-0.2, 0) is 9.53 Å². The highest BCUT2D eigenvalue weighted by Gasteiger charge is 2.47. The second-order valence-electron chi connectivity index (χ2n) is 9.03. The van der Waals surface area contributed by atoms with Crippen molar-refractivity contribution in [2.45, 2.75) is 51.0 Å². The van der Waals surface area contributed by atoms with Gasteiger partial charge in [0.25, 0.3) is 0 Å². The Hall–Kier alpha value is -2.82. The molecule has 1 atom stereocenters. The second-order valence-corrected chi connectivity index (χ2v) is 9.03. The first-order valence-corrected chi connectivity index (χ1v) is 10.2. The number of carbonyl (C=O) groups excluding carboxylic acids is 1. The number of alkyl carbamates (subject to hydrolysis) is 1. The number of aliphatic carboxylic acids is 1. The molecule has 1 saturated carbocycles. The fourth-order valence-electron chi connectivity index (χ4n) is 5.04. The third kappa shape index (κ3) is 3.61. The summed E-state index contributed by atoms with van der Waals surface area (Å²) in [4.78, 5) is 24.6. The highest BCUT2D eigenvalue weighted by atomic mass is 16.5.